The fourth-order valence-corrected chi connectivity index (χ4v) is 2.40. The third-order valence-corrected chi connectivity index (χ3v) is 3.54. The van der Waals surface area contributed by atoms with Gasteiger partial charge in [0.05, 0.1) is 31.3 Å². The third-order valence-electron chi connectivity index (χ3n) is 3.54. The number of aliphatic hydroxyl groups excluding tert-OH is 1. The molecule has 2 aromatic heterocycles. The monoisotopic (exact) mass is 313 g/mol. The average Bonchev–Trinajstić information content (AvgIpc) is 2.99. The Labute approximate surface area is 133 Å². The molecule has 0 bridgehead atoms. The van der Waals surface area contributed by atoms with Crippen LogP contribution in [0.1, 0.15) is 11.1 Å². The summed E-state index contributed by atoms with van der Waals surface area (Å²) in [6.07, 6.45) is 3.22. The molecule has 7 nitrogen and oxygen atoms in total. The Kier molecular flexibility index (Phi) is 4.80. The van der Waals surface area contributed by atoms with Crippen LogP contribution in [0.4, 0.5) is 5.82 Å². The van der Waals surface area contributed by atoms with Crippen molar-refractivity contribution in [2.45, 2.75) is 19.7 Å². The quantitative estimate of drug-likeness (QED) is 0.689. The number of anilines is 1. The summed E-state index contributed by atoms with van der Waals surface area (Å²) < 4.78 is 6.78. The average molecular weight is 313 g/mol. The molecule has 7 heteroatoms. The molecule has 2 heterocycles. The van der Waals surface area contributed by atoms with Gasteiger partial charge in [-0.3, -0.25) is 0 Å². The Balaban J connectivity index is 1.74. The van der Waals surface area contributed by atoms with Crippen molar-refractivity contribution >= 4 is 16.9 Å². The zero-order valence-electron chi connectivity index (χ0n) is 12.9. The molecular formula is C16H19N5O2. The summed E-state index contributed by atoms with van der Waals surface area (Å²) in [5.74, 6) is 0.736. The number of benzene rings is 1. The molecule has 120 valence electrons. The van der Waals surface area contributed by atoms with Crippen molar-refractivity contribution in [3.05, 3.63) is 47.9 Å². The van der Waals surface area contributed by atoms with Crippen molar-refractivity contribution in [1.29, 1.82) is 0 Å². The minimum atomic E-state index is 0.0252. The first-order chi connectivity index (χ1) is 11.3. The number of hydrogen-bond donors (Lipinski definition) is 2. The maximum Gasteiger partial charge on any atom is 0.163 e. The van der Waals surface area contributed by atoms with Gasteiger partial charge in [-0.1, -0.05) is 24.3 Å². The van der Waals surface area contributed by atoms with Gasteiger partial charge in [-0.15, -0.1) is 0 Å². The van der Waals surface area contributed by atoms with E-state index in [1.54, 1.807) is 18.0 Å². The molecule has 0 radical (unpaired) electrons. The van der Waals surface area contributed by atoms with E-state index in [-0.39, 0.29) is 6.61 Å². The van der Waals surface area contributed by atoms with E-state index < -0.39 is 0 Å². The molecular weight excluding hydrogens is 294 g/mol. The smallest absolute Gasteiger partial charge is 0.163 e. The highest BCUT2D eigenvalue weighted by atomic mass is 16.5. The number of aliphatic hydroxyl groups is 1. The number of rotatable bonds is 7. The van der Waals surface area contributed by atoms with E-state index in [0.717, 1.165) is 22.3 Å². The predicted molar refractivity (Wildman–Crippen MR) is 86.9 cm³/mol. The first-order valence-corrected chi connectivity index (χ1v) is 7.40. The van der Waals surface area contributed by atoms with Crippen LogP contribution >= 0.6 is 0 Å². The van der Waals surface area contributed by atoms with E-state index >= 15 is 0 Å². The highest BCUT2D eigenvalue weighted by Crippen LogP contribution is 2.19. The lowest BCUT2D eigenvalue weighted by atomic mass is 10.1. The van der Waals surface area contributed by atoms with Gasteiger partial charge in [0.1, 0.15) is 12.1 Å². The Hall–Kier alpha value is -2.51. The SMILES string of the molecule is COCc1ccc(CNc2ncnc3c2cnn3CCO)cc1. The van der Waals surface area contributed by atoms with E-state index in [2.05, 4.69) is 44.6 Å². The largest absolute Gasteiger partial charge is 0.394 e. The van der Waals surface area contributed by atoms with Crippen LogP contribution in [0.5, 0.6) is 0 Å². The highest BCUT2D eigenvalue weighted by Gasteiger charge is 2.09. The molecule has 0 aliphatic rings. The predicted octanol–water partition coefficient (Wildman–Crippen LogP) is 1.58. The van der Waals surface area contributed by atoms with Crippen LogP contribution in [0, 0.1) is 0 Å². The Bertz CT molecular complexity index is 770. The van der Waals surface area contributed by atoms with Crippen molar-refractivity contribution in [3.8, 4) is 0 Å². The molecule has 0 atom stereocenters. The molecule has 0 amide bonds. The molecule has 23 heavy (non-hydrogen) atoms. The van der Waals surface area contributed by atoms with Gasteiger partial charge in [-0.2, -0.15) is 5.10 Å². The normalized spacial score (nSPS) is 11.0. The van der Waals surface area contributed by atoms with E-state index in [1.807, 2.05) is 0 Å². The number of ether oxygens (including phenoxy) is 1. The summed E-state index contributed by atoms with van der Waals surface area (Å²) >= 11 is 0. The topological polar surface area (TPSA) is 85.1 Å². The lowest BCUT2D eigenvalue weighted by Gasteiger charge is -2.07. The summed E-state index contributed by atoms with van der Waals surface area (Å²) in [7, 11) is 1.69. The lowest BCUT2D eigenvalue weighted by molar-refractivity contribution is 0.185. The van der Waals surface area contributed by atoms with Crippen LogP contribution in [0.2, 0.25) is 0 Å². The summed E-state index contributed by atoms with van der Waals surface area (Å²) in [6.45, 7) is 1.72. The van der Waals surface area contributed by atoms with Crippen molar-refractivity contribution in [2.24, 2.45) is 0 Å². The number of nitrogens with zero attached hydrogens (tertiary/aromatic N) is 4. The van der Waals surface area contributed by atoms with Crippen LogP contribution in [0.25, 0.3) is 11.0 Å². The van der Waals surface area contributed by atoms with Crippen LogP contribution in [0.15, 0.2) is 36.8 Å². The van der Waals surface area contributed by atoms with Gasteiger partial charge in [0.25, 0.3) is 0 Å². The van der Waals surface area contributed by atoms with Gasteiger partial charge in [-0.05, 0) is 11.1 Å². The van der Waals surface area contributed by atoms with Crippen molar-refractivity contribution in [2.75, 3.05) is 19.0 Å². The number of fused-ring (bicyclic) bond motifs is 1. The van der Waals surface area contributed by atoms with E-state index in [0.29, 0.717) is 25.3 Å². The van der Waals surface area contributed by atoms with Crippen LogP contribution in [0.3, 0.4) is 0 Å². The van der Waals surface area contributed by atoms with E-state index in [4.69, 9.17) is 9.84 Å². The van der Waals surface area contributed by atoms with Crippen molar-refractivity contribution in [1.82, 2.24) is 19.7 Å². The second-order valence-electron chi connectivity index (χ2n) is 5.15. The second-order valence-corrected chi connectivity index (χ2v) is 5.15. The molecule has 0 aliphatic heterocycles. The van der Waals surface area contributed by atoms with Crippen LogP contribution in [-0.2, 0) is 24.4 Å². The number of aromatic nitrogens is 4. The molecule has 3 rings (SSSR count). The first kappa shape index (κ1) is 15.4. The van der Waals surface area contributed by atoms with Crippen LogP contribution < -0.4 is 5.32 Å². The molecule has 0 saturated carbocycles. The Morgan fingerprint density at radius 1 is 1.17 bits per heavy atom. The zero-order chi connectivity index (χ0) is 16.1. The fraction of sp³-hybridized carbons (Fsp3) is 0.312. The minimum Gasteiger partial charge on any atom is -0.394 e. The summed E-state index contributed by atoms with van der Waals surface area (Å²) in [5.41, 5.74) is 3.01. The zero-order valence-corrected chi connectivity index (χ0v) is 12.9. The van der Waals surface area contributed by atoms with Crippen molar-refractivity contribution in [3.63, 3.8) is 0 Å². The first-order valence-electron chi connectivity index (χ1n) is 7.40. The van der Waals surface area contributed by atoms with E-state index in [1.165, 1.54) is 6.33 Å². The number of hydrogen-bond acceptors (Lipinski definition) is 6. The minimum absolute atomic E-state index is 0.0252. The summed E-state index contributed by atoms with van der Waals surface area (Å²) in [4.78, 5) is 8.52. The molecule has 0 fully saturated rings. The van der Waals surface area contributed by atoms with Gasteiger partial charge in [-0.25, -0.2) is 14.6 Å². The van der Waals surface area contributed by atoms with Gasteiger partial charge in [0.15, 0.2) is 5.65 Å². The second kappa shape index (κ2) is 7.17. The molecule has 2 N–H and O–H groups in total. The molecule has 0 saturated heterocycles. The van der Waals surface area contributed by atoms with Gasteiger partial charge >= 0.3 is 0 Å². The van der Waals surface area contributed by atoms with E-state index in [9.17, 15) is 0 Å². The molecule has 3 aromatic rings. The molecule has 1 aromatic carbocycles. The summed E-state index contributed by atoms with van der Waals surface area (Å²) in [5, 5.41) is 17.4. The lowest BCUT2D eigenvalue weighted by Crippen LogP contribution is -2.06. The number of nitrogens with one attached hydrogen (secondary N) is 1. The Morgan fingerprint density at radius 2 is 1.96 bits per heavy atom. The molecule has 0 unspecified atom stereocenters. The maximum absolute atomic E-state index is 9.05. The Morgan fingerprint density at radius 3 is 2.70 bits per heavy atom. The molecule has 0 spiro atoms. The fourth-order valence-electron chi connectivity index (χ4n) is 2.40. The summed E-state index contributed by atoms with van der Waals surface area (Å²) in [6, 6.07) is 8.23. The molecule has 0 aliphatic carbocycles. The van der Waals surface area contributed by atoms with Gasteiger partial charge in [0, 0.05) is 13.7 Å². The maximum atomic E-state index is 9.05. The highest BCUT2D eigenvalue weighted by molar-refractivity contribution is 5.86. The third kappa shape index (κ3) is 3.46. The van der Waals surface area contributed by atoms with Crippen molar-refractivity contribution < 1.29 is 9.84 Å². The van der Waals surface area contributed by atoms with Gasteiger partial charge < -0.3 is 15.2 Å². The van der Waals surface area contributed by atoms with Crippen LogP contribution in [-0.4, -0.2) is 38.6 Å². The number of methoxy groups -OCH3 is 1. The van der Waals surface area contributed by atoms with Gasteiger partial charge in [0.2, 0.25) is 0 Å². The standard InChI is InChI=1S/C16H19N5O2/c1-23-10-13-4-2-12(3-5-13)8-17-15-14-9-20-21(6-7-22)16(14)19-11-18-15/h2-5,9,11,22H,6-8,10H2,1H3,(H,17,18,19).